The molecule has 0 aromatic heterocycles. The van der Waals surface area contributed by atoms with Gasteiger partial charge in [-0.15, -0.1) is 0 Å². The van der Waals surface area contributed by atoms with Crippen LogP contribution in [0, 0.1) is 35.4 Å². The van der Waals surface area contributed by atoms with E-state index in [-0.39, 0.29) is 31.7 Å². The molecule has 1 aromatic rings. The highest BCUT2D eigenvalue weighted by molar-refractivity contribution is 5.30. The molecule has 3 aliphatic carbocycles. The largest absolute Gasteiger partial charge is 0.432 e. The number of rotatable bonds is 10. The molecule has 3 saturated carbocycles. The summed E-state index contributed by atoms with van der Waals surface area (Å²) in [6.45, 7) is 2.21. The summed E-state index contributed by atoms with van der Waals surface area (Å²) >= 11 is 0. The third kappa shape index (κ3) is 8.50. The van der Waals surface area contributed by atoms with Crippen molar-refractivity contribution in [3.8, 4) is 5.75 Å². The summed E-state index contributed by atoms with van der Waals surface area (Å²) in [5.74, 6) is -2.74. The Morgan fingerprint density at radius 3 is 1.78 bits per heavy atom. The number of benzene rings is 1. The second-order valence-corrected chi connectivity index (χ2v) is 12.5. The molecule has 3 fully saturated rings. The molecule has 0 N–H and O–H groups in total. The van der Waals surface area contributed by atoms with Gasteiger partial charge >= 0.3 is 18.4 Å². The van der Waals surface area contributed by atoms with E-state index >= 15 is 8.78 Å². The van der Waals surface area contributed by atoms with Crippen molar-refractivity contribution in [2.75, 3.05) is 0 Å². The van der Waals surface area contributed by atoms with Crippen LogP contribution in [0.2, 0.25) is 0 Å². The topological polar surface area (TPSA) is 18.5 Å². The lowest BCUT2D eigenvalue weighted by Crippen LogP contribution is -2.42. The zero-order valence-corrected chi connectivity index (χ0v) is 23.6. The van der Waals surface area contributed by atoms with Crippen LogP contribution >= 0.6 is 0 Å². The Morgan fingerprint density at radius 1 is 0.707 bits per heavy atom. The third-order valence-corrected chi connectivity index (χ3v) is 9.74. The summed E-state index contributed by atoms with van der Waals surface area (Å²) in [5, 5.41) is 0. The summed E-state index contributed by atoms with van der Waals surface area (Å²) in [6.07, 6.45) is -2.28. The zero-order valence-electron chi connectivity index (χ0n) is 23.6. The van der Waals surface area contributed by atoms with Gasteiger partial charge in [0.15, 0.2) is 0 Å². The van der Waals surface area contributed by atoms with Gasteiger partial charge in [0.2, 0.25) is 0 Å². The number of hydrogen-bond acceptors (Lipinski definition) is 2. The van der Waals surface area contributed by atoms with Gasteiger partial charge in [-0.3, -0.25) is 0 Å². The molecule has 1 aromatic carbocycles. The van der Waals surface area contributed by atoms with Crippen molar-refractivity contribution in [2.24, 2.45) is 29.6 Å². The van der Waals surface area contributed by atoms with Crippen molar-refractivity contribution < 1.29 is 44.6 Å². The number of halogens is 8. The van der Waals surface area contributed by atoms with Gasteiger partial charge in [0.05, 0.1) is 23.5 Å². The van der Waals surface area contributed by atoms with Crippen LogP contribution in [0.1, 0.15) is 109 Å². The smallest absolute Gasteiger partial charge is 0.419 e. The second kappa shape index (κ2) is 13.4. The zero-order chi connectivity index (χ0) is 29.8. The van der Waals surface area contributed by atoms with Crippen molar-refractivity contribution in [2.45, 2.75) is 128 Å². The van der Waals surface area contributed by atoms with E-state index in [1.54, 1.807) is 0 Å². The second-order valence-electron chi connectivity index (χ2n) is 12.5. The van der Waals surface area contributed by atoms with E-state index in [9.17, 15) is 26.3 Å². The van der Waals surface area contributed by atoms with Crippen LogP contribution in [0.4, 0.5) is 35.1 Å². The van der Waals surface area contributed by atoms with Gasteiger partial charge in [0, 0.05) is 6.07 Å². The fourth-order valence-corrected chi connectivity index (χ4v) is 7.23. The molecule has 0 aliphatic heterocycles. The van der Waals surface area contributed by atoms with Crippen LogP contribution < -0.4 is 4.74 Å². The van der Waals surface area contributed by atoms with Crippen molar-refractivity contribution >= 4 is 0 Å². The van der Waals surface area contributed by atoms with Crippen LogP contribution in [0.5, 0.6) is 5.75 Å². The molecule has 234 valence electrons. The van der Waals surface area contributed by atoms with Gasteiger partial charge in [-0.25, -0.2) is 4.39 Å². The van der Waals surface area contributed by atoms with Crippen LogP contribution in [-0.4, -0.2) is 18.3 Å². The van der Waals surface area contributed by atoms with Gasteiger partial charge in [0.25, 0.3) is 0 Å². The molecule has 0 unspecified atom stereocenters. The first kappa shape index (κ1) is 32.3. The Morgan fingerprint density at radius 2 is 1.24 bits per heavy atom. The van der Waals surface area contributed by atoms with Crippen LogP contribution in [0.25, 0.3) is 0 Å². The molecule has 0 spiro atoms. The SMILES string of the molecule is CCCCC1CCC(C2CCC(C(F)(F)OC3CCC(C(F)(F)Oc4ccc(C(F)(F)F)c(F)c4)CC3)CC2)CC1. The molecule has 4 rings (SSSR count). The third-order valence-electron chi connectivity index (χ3n) is 9.74. The molecule has 0 saturated heterocycles. The fourth-order valence-electron chi connectivity index (χ4n) is 7.23. The van der Waals surface area contributed by atoms with Gasteiger partial charge in [-0.05, 0) is 94.1 Å². The quantitative estimate of drug-likeness (QED) is 0.250. The van der Waals surface area contributed by atoms with Crippen molar-refractivity contribution in [3.05, 3.63) is 29.6 Å². The minimum absolute atomic E-state index is 0.0167. The molecule has 2 nitrogen and oxygen atoms in total. The minimum Gasteiger partial charge on any atom is -0.432 e. The van der Waals surface area contributed by atoms with E-state index in [0.717, 1.165) is 18.8 Å². The number of unbranched alkanes of at least 4 members (excludes halogenated alkanes) is 1. The Bertz CT molecular complexity index is 957. The van der Waals surface area contributed by atoms with E-state index in [1.165, 1.54) is 44.9 Å². The number of alkyl halides is 7. The minimum atomic E-state index is -4.96. The highest BCUT2D eigenvalue weighted by Gasteiger charge is 2.49. The Kier molecular flexibility index (Phi) is 10.5. The van der Waals surface area contributed by atoms with E-state index in [2.05, 4.69) is 11.7 Å². The molecule has 41 heavy (non-hydrogen) atoms. The first-order valence-corrected chi connectivity index (χ1v) is 15.3. The lowest BCUT2D eigenvalue weighted by Gasteiger charge is -2.40. The molecular formula is C31H42F8O2. The van der Waals surface area contributed by atoms with Crippen LogP contribution in [0.3, 0.4) is 0 Å². The summed E-state index contributed by atoms with van der Waals surface area (Å²) in [7, 11) is 0. The first-order chi connectivity index (χ1) is 19.3. The van der Waals surface area contributed by atoms with Crippen LogP contribution in [0.15, 0.2) is 18.2 Å². The standard InChI is InChI=1S/C31H42F8O2/c1-2-3-4-20-5-7-21(8-6-20)22-9-11-23(12-10-22)30(36,37)40-25-15-13-24(14-16-25)31(38,39)41-26-17-18-27(28(32)19-26)29(33,34)35/h17-25H,2-16H2,1H3. The monoisotopic (exact) mass is 598 g/mol. The molecule has 0 bridgehead atoms. The fraction of sp³-hybridized carbons (Fsp3) is 0.806. The van der Waals surface area contributed by atoms with Gasteiger partial charge in [-0.2, -0.15) is 30.7 Å². The lowest BCUT2D eigenvalue weighted by atomic mass is 9.68. The maximum Gasteiger partial charge on any atom is 0.419 e. The van der Waals surface area contributed by atoms with E-state index in [4.69, 9.17) is 4.74 Å². The Labute approximate surface area is 237 Å². The van der Waals surface area contributed by atoms with Crippen LogP contribution in [-0.2, 0) is 10.9 Å². The maximum atomic E-state index is 15.1. The Hall–Kier alpha value is -1.58. The average Bonchev–Trinajstić information content (AvgIpc) is 2.91. The Balaban J connectivity index is 1.21. The first-order valence-electron chi connectivity index (χ1n) is 15.3. The summed E-state index contributed by atoms with van der Waals surface area (Å²) in [4.78, 5) is 0. The molecule has 3 aliphatic rings. The normalized spacial score (nSPS) is 30.3. The highest BCUT2D eigenvalue weighted by Crippen LogP contribution is 2.47. The lowest BCUT2D eigenvalue weighted by molar-refractivity contribution is -0.306. The molecule has 0 radical (unpaired) electrons. The highest BCUT2D eigenvalue weighted by atomic mass is 19.4. The van der Waals surface area contributed by atoms with E-state index < -0.39 is 53.5 Å². The summed E-state index contributed by atoms with van der Waals surface area (Å²) < 4.78 is 121. The van der Waals surface area contributed by atoms with Gasteiger partial charge in [0.1, 0.15) is 11.6 Å². The van der Waals surface area contributed by atoms with E-state index in [1.807, 2.05) is 0 Å². The van der Waals surface area contributed by atoms with Crippen molar-refractivity contribution in [3.63, 3.8) is 0 Å². The molecule has 0 atom stereocenters. The predicted octanol–water partition coefficient (Wildman–Crippen LogP) is 10.8. The maximum absolute atomic E-state index is 15.1. The average molecular weight is 599 g/mol. The van der Waals surface area contributed by atoms with E-state index in [0.29, 0.717) is 36.8 Å². The van der Waals surface area contributed by atoms with Crippen molar-refractivity contribution in [1.82, 2.24) is 0 Å². The summed E-state index contributed by atoms with van der Waals surface area (Å²) in [5.41, 5.74) is -1.58. The number of ether oxygens (including phenoxy) is 2. The molecular weight excluding hydrogens is 556 g/mol. The van der Waals surface area contributed by atoms with Gasteiger partial charge in [-0.1, -0.05) is 39.0 Å². The molecule has 0 heterocycles. The summed E-state index contributed by atoms with van der Waals surface area (Å²) in [6, 6.07) is 1.27. The van der Waals surface area contributed by atoms with Crippen molar-refractivity contribution in [1.29, 1.82) is 0 Å². The predicted molar refractivity (Wildman–Crippen MR) is 139 cm³/mol. The van der Waals surface area contributed by atoms with Gasteiger partial charge < -0.3 is 9.47 Å². The molecule has 0 amide bonds. The molecule has 10 heteroatoms. The number of hydrogen-bond donors (Lipinski definition) is 0.